The molecule has 0 aliphatic rings. The van der Waals surface area contributed by atoms with Gasteiger partial charge in [0.25, 0.3) is 10.1 Å². The third-order valence-corrected chi connectivity index (χ3v) is 5.48. The molecule has 0 aromatic carbocycles. The molecule has 0 spiro atoms. The van der Waals surface area contributed by atoms with E-state index >= 15 is 0 Å². The molecule has 6 heteroatoms. The first kappa shape index (κ1) is 29.8. The zero-order valence-electron chi connectivity index (χ0n) is 18.3. The minimum Gasteiger partial charge on any atom is -0.305 e. The van der Waals surface area contributed by atoms with E-state index in [1.807, 2.05) is 11.9 Å². The van der Waals surface area contributed by atoms with Gasteiger partial charge >= 0.3 is 0 Å². The van der Waals surface area contributed by atoms with Gasteiger partial charge in [-0.05, 0) is 45.7 Å². The van der Waals surface area contributed by atoms with E-state index in [1.54, 1.807) is 0 Å². The van der Waals surface area contributed by atoms with E-state index in [0.717, 1.165) is 13.0 Å². The summed E-state index contributed by atoms with van der Waals surface area (Å²) in [4.78, 5) is 1.97. The molecule has 0 aromatic rings. The molecule has 157 valence electrons. The Morgan fingerprint density at radius 1 is 0.741 bits per heavy atom. The van der Waals surface area contributed by atoms with Crippen molar-refractivity contribution >= 4 is 39.7 Å². The topological polar surface area (TPSA) is 57.6 Å². The Morgan fingerprint density at radius 3 is 1.67 bits per heavy atom. The molecule has 0 amide bonds. The summed E-state index contributed by atoms with van der Waals surface area (Å²) in [5, 5.41) is 0. The molecule has 27 heavy (non-hydrogen) atoms. The van der Waals surface area contributed by atoms with E-state index < -0.39 is 10.1 Å². The van der Waals surface area contributed by atoms with E-state index in [-0.39, 0.29) is 35.3 Å². The van der Waals surface area contributed by atoms with Crippen LogP contribution in [0.15, 0.2) is 12.2 Å². The van der Waals surface area contributed by atoms with Gasteiger partial charge in [0.05, 0.1) is 5.75 Å². The zero-order valence-corrected chi connectivity index (χ0v) is 21.1. The van der Waals surface area contributed by atoms with Crippen LogP contribution in [0.5, 0.6) is 0 Å². The van der Waals surface area contributed by atoms with Crippen molar-refractivity contribution in [1.29, 1.82) is 0 Å². The Hall–Kier alpha value is 0.610. The van der Waals surface area contributed by atoms with Crippen molar-refractivity contribution in [3.63, 3.8) is 0 Å². The van der Waals surface area contributed by atoms with Gasteiger partial charge in [-0.3, -0.25) is 4.55 Å². The minimum atomic E-state index is -3.83. The number of hydrogen-bond donors (Lipinski definition) is 1. The monoisotopic (exact) mass is 412 g/mol. The van der Waals surface area contributed by atoms with Crippen molar-refractivity contribution in [3.05, 3.63) is 12.2 Å². The van der Waals surface area contributed by atoms with Crippen LogP contribution in [0.25, 0.3) is 0 Å². The predicted molar refractivity (Wildman–Crippen MR) is 119 cm³/mol. The summed E-state index contributed by atoms with van der Waals surface area (Å²) in [6.07, 6.45) is 22.9. The van der Waals surface area contributed by atoms with Crippen LogP contribution in [0, 0.1) is 0 Å². The van der Waals surface area contributed by atoms with Crippen molar-refractivity contribution in [2.45, 2.75) is 96.8 Å². The fourth-order valence-corrected chi connectivity index (χ4v) is 3.55. The summed E-state index contributed by atoms with van der Waals surface area (Å²) in [6, 6.07) is 0. The molecule has 0 unspecified atom stereocenters. The van der Waals surface area contributed by atoms with Crippen LogP contribution < -0.4 is 0 Å². The first-order valence-corrected chi connectivity index (χ1v) is 12.4. The summed E-state index contributed by atoms with van der Waals surface area (Å²) in [6.45, 7) is 3.57. The summed E-state index contributed by atoms with van der Waals surface area (Å²) in [5.74, 6) is -0.171. The fraction of sp³-hybridized carbons (Fsp3) is 0.905. The minimum absolute atomic E-state index is 0. The first-order chi connectivity index (χ1) is 12.5. The largest absolute Gasteiger partial charge is 0.305 e. The summed E-state index contributed by atoms with van der Waals surface area (Å²) < 4.78 is 30.1. The van der Waals surface area contributed by atoms with Gasteiger partial charge in [-0.1, -0.05) is 76.9 Å². The second-order valence-electron chi connectivity index (χ2n) is 7.53. The maximum atomic E-state index is 10.7. The summed E-state index contributed by atoms with van der Waals surface area (Å²) in [7, 11) is -1.92. The molecule has 0 rings (SSSR count). The van der Waals surface area contributed by atoms with Gasteiger partial charge in [0, 0.05) is 36.1 Å². The van der Waals surface area contributed by atoms with Crippen LogP contribution in [0.2, 0.25) is 0 Å². The molecule has 1 N–H and O–H groups in total. The van der Waals surface area contributed by atoms with Crippen molar-refractivity contribution in [1.82, 2.24) is 4.90 Å². The smallest absolute Gasteiger partial charge is 0.266 e. The Labute approximate surface area is 191 Å². The van der Waals surface area contributed by atoms with E-state index in [2.05, 4.69) is 19.1 Å². The number of nitrogens with zero attached hydrogens (tertiary/aromatic N) is 1. The normalized spacial score (nSPS) is 12.0. The molecule has 0 saturated carbocycles. The second-order valence-corrected chi connectivity index (χ2v) is 9.10. The molecule has 4 nitrogen and oxygen atoms in total. The molecule has 0 atom stereocenters. The predicted octanol–water partition coefficient (Wildman–Crippen LogP) is 5.46. The maximum absolute atomic E-state index is 10.7. The average molecular weight is 413 g/mol. The summed E-state index contributed by atoms with van der Waals surface area (Å²) in [5.41, 5.74) is 0. The van der Waals surface area contributed by atoms with E-state index in [1.165, 1.54) is 83.5 Å². The van der Waals surface area contributed by atoms with Crippen molar-refractivity contribution < 1.29 is 13.0 Å². The molecule has 0 bridgehead atoms. The van der Waals surface area contributed by atoms with Gasteiger partial charge in [-0.15, -0.1) is 0 Å². The third-order valence-electron chi connectivity index (χ3n) is 4.78. The molecule has 1 radical (unpaired) electrons. The quantitative estimate of drug-likeness (QED) is 0.132. The summed E-state index contributed by atoms with van der Waals surface area (Å²) >= 11 is 0. The van der Waals surface area contributed by atoms with E-state index in [4.69, 9.17) is 4.55 Å². The molecule has 0 aliphatic heterocycles. The number of rotatable bonds is 19. The zero-order chi connectivity index (χ0) is 19.5. The first-order valence-electron chi connectivity index (χ1n) is 10.7. The van der Waals surface area contributed by atoms with Gasteiger partial charge < -0.3 is 4.90 Å². The SMILES string of the molecule is CCCCCCCCC=CCCCCCCCCN(C)CCS(=O)(=O)O.[Na]. The van der Waals surface area contributed by atoms with E-state index in [9.17, 15) is 8.42 Å². The van der Waals surface area contributed by atoms with Crippen LogP contribution in [-0.2, 0) is 10.1 Å². The Kier molecular flexibility index (Phi) is 23.5. The molecule has 0 saturated heterocycles. The van der Waals surface area contributed by atoms with Crippen LogP contribution in [-0.4, -0.2) is 73.3 Å². The Morgan fingerprint density at radius 2 is 1.19 bits per heavy atom. The standard InChI is InChI=1S/C21H43NO3S.Na/c1-3-4-5-6-7-8-9-10-11-12-13-14-15-16-17-18-19-22(2)20-21-26(23,24)25;/h10-11H,3-9,12-21H2,1-2H3,(H,23,24,25);. The molecular formula is C21H43NNaO3S. The molecule has 0 heterocycles. The molecular weight excluding hydrogens is 369 g/mol. The van der Waals surface area contributed by atoms with Gasteiger partial charge in [-0.2, -0.15) is 8.42 Å². The van der Waals surface area contributed by atoms with Gasteiger partial charge in [0.2, 0.25) is 0 Å². The number of hydrogen-bond acceptors (Lipinski definition) is 3. The molecule has 0 fully saturated rings. The van der Waals surface area contributed by atoms with Gasteiger partial charge in [-0.25, -0.2) is 0 Å². The van der Waals surface area contributed by atoms with Crippen LogP contribution in [0.3, 0.4) is 0 Å². The van der Waals surface area contributed by atoms with Gasteiger partial charge in [0.15, 0.2) is 0 Å². The Bertz CT molecular complexity index is 427. The maximum Gasteiger partial charge on any atom is 0.266 e. The van der Waals surface area contributed by atoms with Crippen LogP contribution in [0.1, 0.15) is 96.8 Å². The number of allylic oxidation sites excluding steroid dienone is 2. The molecule has 0 aliphatic carbocycles. The van der Waals surface area contributed by atoms with Gasteiger partial charge in [0.1, 0.15) is 0 Å². The second kappa shape index (κ2) is 21.3. The Balaban J connectivity index is 0. The van der Waals surface area contributed by atoms with Crippen molar-refractivity contribution in [2.24, 2.45) is 0 Å². The van der Waals surface area contributed by atoms with Crippen LogP contribution in [0.4, 0.5) is 0 Å². The number of unbranched alkanes of at least 4 members (excludes halogenated alkanes) is 12. The van der Waals surface area contributed by atoms with Crippen LogP contribution >= 0.6 is 0 Å². The fourth-order valence-electron chi connectivity index (χ4n) is 3.01. The van der Waals surface area contributed by atoms with E-state index in [0.29, 0.717) is 6.54 Å². The van der Waals surface area contributed by atoms with Crippen molar-refractivity contribution in [2.75, 3.05) is 25.9 Å². The molecule has 0 aromatic heterocycles. The average Bonchev–Trinajstić information content (AvgIpc) is 2.59. The van der Waals surface area contributed by atoms with Crippen molar-refractivity contribution in [3.8, 4) is 0 Å². The third kappa shape index (κ3) is 26.6.